The molecule has 3 fully saturated rings. The molecule has 4 atom stereocenters. The molecule has 2 heterocycles. The Balaban J connectivity index is 1.83. The van der Waals surface area contributed by atoms with Gasteiger partial charge in [0.15, 0.2) is 0 Å². The predicted octanol–water partition coefficient (Wildman–Crippen LogP) is 0.953. The molecule has 2 aliphatic heterocycles. The minimum absolute atomic E-state index is 0.486. The number of fused-ring (bicyclic) bond motifs is 3. The van der Waals surface area contributed by atoms with E-state index in [1.54, 1.807) is 0 Å². The summed E-state index contributed by atoms with van der Waals surface area (Å²) in [5, 5.41) is 0. The maximum atomic E-state index is 5.63. The first-order valence-corrected chi connectivity index (χ1v) is 4.22. The highest BCUT2D eigenvalue weighted by Crippen LogP contribution is 2.44. The molecule has 0 aromatic carbocycles. The molecule has 56 valence electrons. The van der Waals surface area contributed by atoms with Gasteiger partial charge in [-0.15, -0.1) is 0 Å². The maximum Gasteiger partial charge on any atom is 0.108 e. The first kappa shape index (κ1) is 5.56. The van der Waals surface area contributed by atoms with Gasteiger partial charge in [-0.3, -0.25) is 0 Å². The summed E-state index contributed by atoms with van der Waals surface area (Å²) in [4.78, 5) is 0. The third-order valence-electron chi connectivity index (χ3n) is 3.02. The van der Waals surface area contributed by atoms with Crippen LogP contribution in [0.2, 0.25) is 0 Å². The van der Waals surface area contributed by atoms with E-state index >= 15 is 0 Å². The summed E-state index contributed by atoms with van der Waals surface area (Å²) in [5.41, 5.74) is 0. The quantitative estimate of drug-likeness (QED) is 0.467. The Labute approximate surface area is 60.5 Å². The van der Waals surface area contributed by atoms with E-state index in [-0.39, 0.29) is 0 Å². The van der Waals surface area contributed by atoms with Crippen molar-refractivity contribution in [2.75, 3.05) is 6.61 Å². The van der Waals surface area contributed by atoms with Crippen molar-refractivity contribution in [2.45, 2.75) is 37.6 Å². The second-order valence-corrected chi connectivity index (χ2v) is 3.61. The zero-order valence-electron chi connectivity index (χ0n) is 5.95. The van der Waals surface area contributed by atoms with Gasteiger partial charge in [-0.05, 0) is 12.8 Å². The fourth-order valence-electron chi connectivity index (χ4n) is 2.42. The van der Waals surface area contributed by atoms with Gasteiger partial charge < -0.3 is 9.47 Å². The number of hydrogen-bond donors (Lipinski definition) is 0. The van der Waals surface area contributed by atoms with Crippen molar-refractivity contribution in [2.24, 2.45) is 5.92 Å². The van der Waals surface area contributed by atoms with Gasteiger partial charge >= 0.3 is 0 Å². The van der Waals surface area contributed by atoms with Crippen molar-refractivity contribution < 1.29 is 9.47 Å². The average molecular weight is 140 g/mol. The highest BCUT2D eigenvalue weighted by molar-refractivity contribution is 5.00. The molecule has 3 aliphatic rings. The lowest BCUT2D eigenvalue weighted by molar-refractivity contribution is 0.00783. The number of ether oxygens (including phenoxy) is 2. The highest BCUT2D eigenvalue weighted by atomic mass is 16.6. The Morgan fingerprint density at radius 2 is 2.10 bits per heavy atom. The van der Waals surface area contributed by atoms with Crippen LogP contribution in [0.4, 0.5) is 0 Å². The zero-order chi connectivity index (χ0) is 6.55. The molecule has 1 saturated carbocycles. The van der Waals surface area contributed by atoms with Crippen LogP contribution in [0.15, 0.2) is 0 Å². The topological polar surface area (TPSA) is 21.8 Å². The molecule has 2 nitrogen and oxygen atoms in total. The van der Waals surface area contributed by atoms with Crippen molar-refractivity contribution >= 4 is 0 Å². The van der Waals surface area contributed by atoms with Gasteiger partial charge in [0.05, 0.1) is 18.8 Å². The van der Waals surface area contributed by atoms with Crippen LogP contribution in [-0.2, 0) is 9.47 Å². The van der Waals surface area contributed by atoms with E-state index in [9.17, 15) is 0 Å². The van der Waals surface area contributed by atoms with Gasteiger partial charge in [0, 0.05) is 5.92 Å². The number of hydrogen-bond acceptors (Lipinski definition) is 2. The molecule has 0 radical (unpaired) electrons. The summed E-state index contributed by atoms with van der Waals surface area (Å²) >= 11 is 0. The Kier molecular flexibility index (Phi) is 0.968. The van der Waals surface area contributed by atoms with Crippen LogP contribution >= 0.6 is 0 Å². The van der Waals surface area contributed by atoms with Gasteiger partial charge in [0.1, 0.15) is 6.10 Å². The number of rotatable bonds is 0. The van der Waals surface area contributed by atoms with E-state index in [4.69, 9.17) is 9.47 Å². The van der Waals surface area contributed by atoms with Gasteiger partial charge in [-0.25, -0.2) is 0 Å². The molecule has 2 heteroatoms. The SMILES string of the molecule is C1C[C@@H]2[C@@H]3O[C@@H]3CO[C@H]2C1. The molecule has 0 bridgehead atoms. The first-order chi connectivity index (χ1) is 4.95. The van der Waals surface area contributed by atoms with Crippen LogP contribution in [0.25, 0.3) is 0 Å². The highest BCUT2D eigenvalue weighted by Gasteiger charge is 2.53. The van der Waals surface area contributed by atoms with Crippen LogP contribution in [0.1, 0.15) is 19.3 Å². The van der Waals surface area contributed by atoms with E-state index in [1.165, 1.54) is 19.3 Å². The normalized spacial score (nSPS) is 57.6. The molecule has 0 amide bonds. The Bertz CT molecular complexity index is 157. The fourth-order valence-corrected chi connectivity index (χ4v) is 2.42. The van der Waals surface area contributed by atoms with Crippen molar-refractivity contribution in [1.82, 2.24) is 0 Å². The summed E-state index contributed by atoms with van der Waals surface area (Å²) < 4.78 is 11.1. The van der Waals surface area contributed by atoms with Gasteiger partial charge in [0.2, 0.25) is 0 Å². The molecule has 0 aromatic heterocycles. The minimum atomic E-state index is 0.486. The summed E-state index contributed by atoms with van der Waals surface area (Å²) in [6.07, 6.45) is 5.61. The van der Waals surface area contributed by atoms with Crippen LogP contribution in [0, 0.1) is 5.92 Å². The lowest BCUT2D eigenvalue weighted by Crippen LogP contribution is -2.31. The Hall–Kier alpha value is -0.0800. The first-order valence-electron chi connectivity index (χ1n) is 4.22. The monoisotopic (exact) mass is 140 g/mol. The van der Waals surface area contributed by atoms with Crippen molar-refractivity contribution in [3.8, 4) is 0 Å². The summed E-state index contributed by atoms with van der Waals surface area (Å²) in [6.45, 7) is 0.867. The molecule has 0 aromatic rings. The molecule has 0 N–H and O–H groups in total. The maximum absolute atomic E-state index is 5.63. The molecule has 10 heavy (non-hydrogen) atoms. The Morgan fingerprint density at radius 3 is 3.10 bits per heavy atom. The van der Waals surface area contributed by atoms with E-state index in [0.717, 1.165) is 12.5 Å². The van der Waals surface area contributed by atoms with Crippen LogP contribution in [-0.4, -0.2) is 24.9 Å². The molecule has 0 spiro atoms. The summed E-state index contributed by atoms with van der Waals surface area (Å²) in [7, 11) is 0. The van der Waals surface area contributed by atoms with E-state index in [0.29, 0.717) is 18.3 Å². The molecule has 2 saturated heterocycles. The average Bonchev–Trinajstić information content (AvgIpc) is 2.60. The Morgan fingerprint density at radius 1 is 1.10 bits per heavy atom. The second kappa shape index (κ2) is 1.74. The number of epoxide rings is 1. The van der Waals surface area contributed by atoms with Crippen LogP contribution in [0.3, 0.4) is 0 Å². The molecule has 3 rings (SSSR count). The predicted molar refractivity (Wildman–Crippen MR) is 35.7 cm³/mol. The third kappa shape index (κ3) is 0.611. The zero-order valence-corrected chi connectivity index (χ0v) is 5.95. The second-order valence-electron chi connectivity index (χ2n) is 3.61. The standard InChI is InChI=1S/C8H12O2/c1-2-5-6(3-1)9-4-7-8(5)10-7/h5-8H,1-4H2/t5-,6-,7+,8-/m0/s1. The fraction of sp³-hybridized carbons (Fsp3) is 1.00. The van der Waals surface area contributed by atoms with E-state index < -0.39 is 0 Å². The lowest BCUT2D eigenvalue weighted by Gasteiger charge is -2.21. The molecule has 1 aliphatic carbocycles. The van der Waals surface area contributed by atoms with Gasteiger partial charge in [-0.1, -0.05) is 6.42 Å². The van der Waals surface area contributed by atoms with E-state index in [1.807, 2.05) is 0 Å². The minimum Gasteiger partial charge on any atom is -0.375 e. The van der Waals surface area contributed by atoms with Crippen LogP contribution in [0.5, 0.6) is 0 Å². The molecule has 0 unspecified atom stereocenters. The largest absolute Gasteiger partial charge is 0.375 e. The lowest BCUT2D eigenvalue weighted by atomic mass is 9.97. The van der Waals surface area contributed by atoms with Crippen molar-refractivity contribution in [3.63, 3.8) is 0 Å². The van der Waals surface area contributed by atoms with E-state index in [2.05, 4.69) is 0 Å². The third-order valence-corrected chi connectivity index (χ3v) is 3.02. The summed E-state index contributed by atoms with van der Waals surface area (Å²) in [5.74, 6) is 0.763. The van der Waals surface area contributed by atoms with Crippen LogP contribution < -0.4 is 0 Å². The van der Waals surface area contributed by atoms with Crippen molar-refractivity contribution in [1.29, 1.82) is 0 Å². The van der Waals surface area contributed by atoms with Crippen molar-refractivity contribution in [3.05, 3.63) is 0 Å². The molecular formula is C8H12O2. The van der Waals surface area contributed by atoms with Gasteiger partial charge in [-0.2, -0.15) is 0 Å². The van der Waals surface area contributed by atoms with Gasteiger partial charge in [0.25, 0.3) is 0 Å². The molecular weight excluding hydrogens is 128 g/mol. The summed E-state index contributed by atoms with van der Waals surface area (Å²) in [6, 6.07) is 0. The smallest absolute Gasteiger partial charge is 0.108 e.